The van der Waals surface area contributed by atoms with Crippen LogP contribution in [0.3, 0.4) is 0 Å². The lowest BCUT2D eigenvalue weighted by Crippen LogP contribution is -2.21. The number of nitrogens with one attached hydrogen (secondary N) is 2. The molecule has 0 unspecified atom stereocenters. The van der Waals surface area contributed by atoms with E-state index >= 15 is 0 Å². The van der Waals surface area contributed by atoms with E-state index in [9.17, 15) is 9.59 Å². The summed E-state index contributed by atoms with van der Waals surface area (Å²) < 4.78 is 0. The molecule has 2 rings (SSSR count). The maximum atomic E-state index is 11.9. The summed E-state index contributed by atoms with van der Waals surface area (Å²) in [5.41, 5.74) is 2.07. The summed E-state index contributed by atoms with van der Waals surface area (Å²) >= 11 is 0. The maximum absolute atomic E-state index is 11.9. The first-order valence-electron chi connectivity index (χ1n) is 5.65. The Bertz CT molecular complexity index is 630. The van der Waals surface area contributed by atoms with Gasteiger partial charge in [-0.2, -0.15) is 0 Å². The van der Waals surface area contributed by atoms with Gasteiger partial charge in [-0.3, -0.25) is 9.59 Å². The van der Waals surface area contributed by atoms with Gasteiger partial charge in [0.1, 0.15) is 5.69 Å². The van der Waals surface area contributed by atoms with E-state index in [1.54, 1.807) is 38.1 Å². The highest BCUT2D eigenvalue weighted by molar-refractivity contribution is 6.04. The first-order chi connectivity index (χ1) is 8.58. The van der Waals surface area contributed by atoms with Gasteiger partial charge in [0, 0.05) is 11.3 Å². The Balaban J connectivity index is 2.31. The fourth-order valence-corrected chi connectivity index (χ4v) is 1.78. The van der Waals surface area contributed by atoms with Gasteiger partial charge in [0.15, 0.2) is 0 Å². The molecule has 1 aromatic heterocycles. The van der Waals surface area contributed by atoms with E-state index in [0.29, 0.717) is 11.3 Å². The van der Waals surface area contributed by atoms with Crippen molar-refractivity contribution in [3.8, 4) is 0 Å². The standard InChI is InChI=1S/C14H14N2O2/c1-9-8-10(2)15-14(18)12(9)16-13(17)11-6-4-3-5-7-11/h3-8H,1-2H3,(H,15,18)(H,16,17). The van der Waals surface area contributed by atoms with E-state index < -0.39 is 0 Å². The third-order valence-corrected chi connectivity index (χ3v) is 2.64. The van der Waals surface area contributed by atoms with Gasteiger partial charge in [0.2, 0.25) is 0 Å². The molecule has 0 aliphatic carbocycles. The largest absolute Gasteiger partial charge is 0.325 e. The number of aryl methyl sites for hydroxylation is 2. The van der Waals surface area contributed by atoms with Gasteiger partial charge in [-0.1, -0.05) is 18.2 Å². The Hall–Kier alpha value is -2.36. The van der Waals surface area contributed by atoms with E-state index in [1.807, 2.05) is 12.1 Å². The molecule has 0 fully saturated rings. The number of carbonyl (C=O) groups excluding carboxylic acids is 1. The number of pyridine rings is 1. The minimum atomic E-state index is -0.284. The van der Waals surface area contributed by atoms with Gasteiger partial charge in [-0.05, 0) is 37.6 Å². The first kappa shape index (κ1) is 12.1. The van der Waals surface area contributed by atoms with Crippen molar-refractivity contribution in [2.45, 2.75) is 13.8 Å². The zero-order valence-electron chi connectivity index (χ0n) is 10.3. The summed E-state index contributed by atoms with van der Waals surface area (Å²) in [7, 11) is 0. The molecule has 0 saturated carbocycles. The fraction of sp³-hybridized carbons (Fsp3) is 0.143. The number of H-pyrrole nitrogens is 1. The summed E-state index contributed by atoms with van der Waals surface area (Å²) in [5, 5.41) is 2.64. The molecule has 1 aromatic carbocycles. The van der Waals surface area contributed by atoms with Crippen molar-refractivity contribution in [2.75, 3.05) is 5.32 Å². The number of hydrogen-bond donors (Lipinski definition) is 2. The molecule has 2 aromatic rings. The molecular formula is C14H14N2O2. The van der Waals surface area contributed by atoms with Crippen molar-refractivity contribution in [3.05, 3.63) is 63.6 Å². The van der Waals surface area contributed by atoms with E-state index in [2.05, 4.69) is 10.3 Å². The quantitative estimate of drug-likeness (QED) is 0.848. The zero-order valence-corrected chi connectivity index (χ0v) is 10.3. The van der Waals surface area contributed by atoms with Crippen LogP contribution in [0.25, 0.3) is 0 Å². The molecule has 0 atom stereocenters. The van der Waals surface area contributed by atoms with E-state index in [4.69, 9.17) is 0 Å². The summed E-state index contributed by atoms with van der Waals surface area (Å²) in [6, 6.07) is 10.6. The Labute approximate surface area is 105 Å². The summed E-state index contributed by atoms with van der Waals surface area (Å²) in [6.07, 6.45) is 0. The summed E-state index contributed by atoms with van der Waals surface area (Å²) in [6.45, 7) is 3.60. The second kappa shape index (κ2) is 4.87. The smallest absolute Gasteiger partial charge is 0.272 e. The minimum absolute atomic E-state index is 0.281. The SMILES string of the molecule is Cc1cc(C)c(NC(=O)c2ccccc2)c(=O)[nH]1. The molecule has 2 N–H and O–H groups in total. The second-order valence-electron chi connectivity index (χ2n) is 4.16. The van der Waals surface area contributed by atoms with Crippen LogP contribution in [0.15, 0.2) is 41.2 Å². The lowest BCUT2D eigenvalue weighted by Gasteiger charge is -2.08. The van der Waals surface area contributed by atoms with Crippen LogP contribution in [-0.4, -0.2) is 10.9 Å². The average molecular weight is 242 g/mol. The van der Waals surface area contributed by atoms with Crippen LogP contribution in [0, 0.1) is 13.8 Å². The van der Waals surface area contributed by atoms with Crippen LogP contribution < -0.4 is 10.9 Å². The number of aromatic nitrogens is 1. The molecule has 0 radical (unpaired) electrons. The van der Waals surface area contributed by atoms with Gasteiger partial charge in [0.25, 0.3) is 11.5 Å². The average Bonchev–Trinajstić information content (AvgIpc) is 2.34. The summed E-state index contributed by atoms with van der Waals surface area (Å²) in [4.78, 5) is 26.4. The molecule has 0 spiro atoms. The third kappa shape index (κ3) is 2.48. The monoisotopic (exact) mass is 242 g/mol. The van der Waals surface area contributed by atoms with Crippen molar-refractivity contribution in [1.29, 1.82) is 0 Å². The maximum Gasteiger partial charge on any atom is 0.272 e. The topological polar surface area (TPSA) is 62.0 Å². The lowest BCUT2D eigenvalue weighted by atomic mass is 10.2. The molecular weight excluding hydrogens is 228 g/mol. The van der Waals surface area contributed by atoms with Gasteiger partial charge >= 0.3 is 0 Å². The molecule has 1 amide bonds. The zero-order chi connectivity index (χ0) is 13.1. The highest BCUT2D eigenvalue weighted by Gasteiger charge is 2.10. The Morgan fingerprint density at radius 2 is 1.83 bits per heavy atom. The number of anilines is 1. The predicted octanol–water partition coefficient (Wildman–Crippen LogP) is 2.24. The summed E-state index contributed by atoms with van der Waals surface area (Å²) in [5.74, 6) is -0.284. The third-order valence-electron chi connectivity index (χ3n) is 2.64. The van der Waals surface area contributed by atoms with Crippen LogP contribution in [0.1, 0.15) is 21.6 Å². The van der Waals surface area contributed by atoms with Gasteiger partial charge < -0.3 is 10.3 Å². The Kier molecular flexibility index (Phi) is 3.28. The second-order valence-corrected chi connectivity index (χ2v) is 4.16. The molecule has 18 heavy (non-hydrogen) atoms. The Morgan fingerprint density at radius 1 is 1.17 bits per heavy atom. The van der Waals surface area contributed by atoms with Crippen LogP contribution >= 0.6 is 0 Å². The molecule has 0 aliphatic rings. The molecule has 4 heteroatoms. The molecule has 0 saturated heterocycles. The molecule has 1 heterocycles. The van der Waals surface area contributed by atoms with E-state index in [0.717, 1.165) is 11.3 Å². The Morgan fingerprint density at radius 3 is 2.44 bits per heavy atom. The number of carbonyl (C=O) groups is 1. The van der Waals surface area contributed by atoms with Crippen molar-refractivity contribution in [2.24, 2.45) is 0 Å². The van der Waals surface area contributed by atoms with E-state index in [1.165, 1.54) is 0 Å². The first-order valence-corrected chi connectivity index (χ1v) is 5.65. The number of hydrogen-bond acceptors (Lipinski definition) is 2. The van der Waals surface area contributed by atoms with Crippen molar-refractivity contribution >= 4 is 11.6 Å². The number of amides is 1. The van der Waals surface area contributed by atoms with Crippen LogP contribution in [0.2, 0.25) is 0 Å². The molecule has 0 bridgehead atoms. The number of benzene rings is 1. The van der Waals surface area contributed by atoms with Gasteiger partial charge in [-0.25, -0.2) is 0 Å². The highest BCUT2D eigenvalue weighted by atomic mass is 16.2. The predicted molar refractivity (Wildman–Crippen MR) is 70.9 cm³/mol. The van der Waals surface area contributed by atoms with Gasteiger partial charge in [-0.15, -0.1) is 0 Å². The number of aromatic amines is 1. The van der Waals surface area contributed by atoms with Crippen LogP contribution in [0.4, 0.5) is 5.69 Å². The van der Waals surface area contributed by atoms with Crippen molar-refractivity contribution in [3.63, 3.8) is 0 Å². The van der Waals surface area contributed by atoms with Gasteiger partial charge in [0.05, 0.1) is 0 Å². The fourth-order valence-electron chi connectivity index (χ4n) is 1.78. The molecule has 0 aliphatic heterocycles. The van der Waals surface area contributed by atoms with Crippen molar-refractivity contribution in [1.82, 2.24) is 4.98 Å². The molecule has 92 valence electrons. The van der Waals surface area contributed by atoms with Crippen LogP contribution in [-0.2, 0) is 0 Å². The lowest BCUT2D eigenvalue weighted by molar-refractivity contribution is 0.102. The highest BCUT2D eigenvalue weighted by Crippen LogP contribution is 2.10. The number of rotatable bonds is 2. The molecule has 4 nitrogen and oxygen atoms in total. The minimum Gasteiger partial charge on any atom is -0.325 e. The van der Waals surface area contributed by atoms with Crippen LogP contribution in [0.5, 0.6) is 0 Å². The normalized spacial score (nSPS) is 10.1. The van der Waals surface area contributed by atoms with Crippen molar-refractivity contribution < 1.29 is 4.79 Å². The van der Waals surface area contributed by atoms with E-state index in [-0.39, 0.29) is 11.5 Å².